The maximum Gasteiger partial charge on any atom is 1.00 e. The van der Waals surface area contributed by atoms with Crippen LogP contribution in [0.15, 0.2) is 0 Å². The average molecular weight is 136 g/mol. The van der Waals surface area contributed by atoms with E-state index in [1.807, 2.05) is 0 Å². The summed E-state index contributed by atoms with van der Waals surface area (Å²) in [7, 11) is 0. The van der Waals surface area contributed by atoms with Gasteiger partial charge in [0.1, 0.15) is 0 Å². The topological polar surface area (TPSA) is 40.1 Å². The van der Waals surface area contributed by atoms with Crippen molar-refractivity contribution in [3.05, 3.63) is 0 Å². The number of rotatable bonds is 3. The van der Waals surface area contributed by atoms with Gasteiger partial charge in [-0.2, -0.15) is 0 Å². The zero-order valence-electron chi connectivity index (χ0n) is 5.72. The Morgan fingerprint density at radius 1 is 1.56 bits per heavy atom. The molecule has 3 heteroatoms. The van der Waals surface area contributed by atoms with Crippen LogP contribution >= 0.6 is 0 Å². The third-order valence-corrected chi connectivity index (χ3v) is 1.45. The van der Waals surface area contributed by atoms with E-state index in [4.69, 9.17) is 0 Å². The smallest absolute Gasteiger partial charge is 0.550 e. The van der Waals surface area contributed by atoms with Crippen LogP contribution < -0.4 is 34.7 Å². The Hall–Kier alpha value is 0.470. The van der Waals surface area contributed by atoms with Crippen molar-refractivity contribution in [2.75, 3.05) is 0 Å². The zero-order valence-corrected chi connectivity index (χ0v) is 7.72. The van der Waals surface area contributed by atoms with Crippen LogP contribution in [-0.2, 0) is 4.79 Å². The third kappa shape index (κ3) is 4.94. The van der Waals surface area contributed by atoms with Crippen molar-refractivity contribution in [2.24, 2.45) is 5.92 Å². The summed E-state index contributed by atoms with van der Waals surface area (Å²) < 4.78 is 0. The van der Waals surface area contributed by atoms with Crippen molar-refractivity contribution in [2.45, 2.75) is 25.7 Å². The largest absolute Gasteiger partial charge is 1.00 e. The van der Waals surface area contributed by atoms with Crippen LogP contribution in [-0.4, -0.2) is 5.97 Å². The number of hydrogen-bond acceptors (Lipinski definition) is 2. The van der Waals surface area contributed by atoms with Gasteiger partial charge in [0.2, 0.25) is 0 Å². The van der Waals surface area contributed by atoms with Gasteiger partial charge in [0.15, 0.2) is 0 Å². The van der Waals surface area contributed by atoms with Crippen molar-refractivity contribution in [3.63, 3.8) is 0 Å². The van der Waals surface area contributed by atoms with Gasteiger partial charge in [-0.1, -0.05) is 12.8 Å². The molecule has 0 aromatic heterocycles. The van der Waals surface area contributed by atoms with Crippen LogP contribution in [0.2, 0.25) is 0 Å². The molecule has 0 bridgehead atoms. The molecule has 2 nitrogen and oxygen atoms in total. The second kappa shape index (κ2) is 4.31. The van der Waals surface area contributed by atoms with Crippen LogP contribution in [0, 0.1) is 5.92 Å². The minimum Gasteiger partial charge on any atom is -0.550 e. The Morgan fingerprint density at radius 3 is 2.44 bits per heavy atom. The van der Waals surface area contributed by atoms with Gasteiger partial charge in [0.05, 0.1) is 0 Å². The summed E-state index contributed by atoms with van der Waals surface area (Å²) in [5, 5.41) is 9.82. The SMILES string of the molecule is O=C([O-])CCC1CC1.[Na+]. The summed E-state index contributed by atoms with van der Waals surface area (Å²) in [6.45, 7) is 0. The molecule has 0 spiro atoms. The molecule has 1 fully saturated rings. The second-order valence-electron chi connectivity index (χ2n) is 2.35. The van der Waals surface area contributed by atoms with E-state index in [0.29, 0.717) is 5.92 Å². The van der Waals surface area contributed by atoms with Crippen molar-refractivity contribution in [3.8, 4) is 0 Å². The van der Waals surface area contributed by atoms with Crippen molar-refractivity contribution < 1.29 is 39.5 Å². The normalized spacial score (nSPS) is 16.4. The first-order valence-corrected chi connectivity index (χ1v) is 2.99. The molecule has 0 unspecified atom stereocenters. The predicted molar refractivity (Wildman–Crippen MR) is 27.0 cm³/mol. The fraction of sp³-hybridized carbons (Fsp3) is 0.833. The van der Waals surface area contributed by atoms with E-state index < -0.39 is 5.97 Å². The number of aliphatic carboxylic acids is 1. The Balaban J connectivity index is 0.000000640. The Bertz CT molecular complexity index is 99.2. The fourth-order valence-electron chi connectivity index (χ4n) is 0.729. The molecule has 0 amide bonds. The number of carboxylic acid groups (broad SMARTS) is 1. The number of hydrogen-bond donors (Lipinski definition) is 0. The van der Waals surface area contributed by atoms with Crippen molar-refractivity contribution in [1.29, 1.82) is 0 Å². The van der Waals surface area contributed by atoms with Gasteiger partial charge in [-0.3, -0.25) is 0 Å². The first-order valence-electron chi connectivity index (χ1n) is 2.99. The molecule has 0 atom stereocenters. The number of carbonyl (C=O) groups is 1. The van der Waals surface area contributed by atoms with E-state index in [1.54, 1.807) is 0 Å². The maximum absolute atomic E-state index is 9.82. The molecule has 0 aromatic carbocycles. The standard InChI is InChI=1S/C6H10O2.Na/c7-6(8)4-3-5-1-2-5;/h5H,1-4H2,(H,7,8);/q;+1/p-1. The Morgan fingerprint density at radius 2 is 2.11 bits per heavy atom. The summed E-state index contributed by atoms with van der Waals surface area (Å²) in [6.07, 6.45) is 3.55. The van der Waals surface area contributed by atoms with Crippen molar-refractivity contribution in [1.82, 2.24) is 0 Å². The molecular weight excluding hydrogens is 127 g/mol. The van der Waals surface area contributed by atoms with Crippen molar-refractivity contribution >= 4 is 5.97 Å². The molecule has 0 aromatic rings. The monoisotopic (exact) mass is 136 g/mol. The summed E-state index contributed by atoms with van der Waals surface area (Å²) in [4.78, 5) is 9.82. The van der Waals surface area contributed by atoms with E-state index in [0.717, 1.165) is 6.42 Å². The maximum atomic E-state index is 9.82. The molecule has 0 heterocycles. The zero-order chi connectivity index (χ0) is 5.98. The minimum absolute atomic E-state index is 0. The fourth-order valence-corrected chi connectivity index (χ4v) is 0.729. The first-order chi connectivity index (χ1) is 3.79. The number of carbonyl (C=O) groups excluding carboxylic acids is 1. The molecule has 9 heavy (non-hydrogen) atoms. The molecule has 46 valence electrons. The summed E-state index contributed by atoms with van der Waals surface area (Å²) in [5.74, 6) is -0.190. The molecule has 0 saturated heterocycles. The van der Waals surface area contributed by atoms with Gasteiger partial charge in [0, 0.05) is 5.97 Å². The number of carboxylic acids is 1. The molecular formula is C6H9NaO2. The van der Waals surface area contributed by atoms with E-state index in [1.165, 1.54) is 12.8 Å². The molecule has 0 N–H and O–H groups in total. The molecule has 1 aliphatic carbocycles. The van der Waals surface area contributed by atoms with Gasteiger partial charge in [-0.05, 0) is 18.8 Å². The minimum atomic E-state index is -0.906. The summed E-state index contributed by atoms with van der Waals surface area (Å²) in [5.41, 5.74) is 0. The van der Waals surface area contributed by atoms with Crippen LogP contribution in [0.4, 0.5) is 0 Å². The van der Waals surface area contributed by atoms with E-state index in [2.05, 4.69) is 0 Å². The first kappa shape index (κ1) is 9.47. The van der Waals surface area contributed by atoms with E-state index in [-0.39, 0.29) is 36.0 Å². The van der Waals surface area contributed by atoms with Gasteiger partial charge in [-0.25, -0.2) is 0 Å². The summed E-state index contributed by atoms with van der Waals surface area (Å²) in [6, 6.07) is 0. The Labute approximate surface area is 76.9 Å². The Kier molecular flexibility index (Phi) is 4.54. The molecule has 1 aliphatic rings. The predicted octanol–water partition coefficient (Wildman–Crippen LogP) is -3.07. The molecule has 1 saturated carbocycles. The van der Waals surface area contributed by atoms with Gasteiger partial charge >= 0.3 is 29.6 Å². The van der Waals surface area contributed by atoms with E-state index in [9.17, 15) is 9.90 Å². The van der Waals surface area contributed by atoms with Gasteiger partial charge < -0.3 is 9.90 Å². The van der Waals surface area contributed by atoms with Crippen LogP contribution in [0.25, 0.3) is 0 Å². The molecule has 0 aliphatic heterocycles. The van der Waals surface area contributed by atoms with Crippen LogP contribution in [0.3, 0.4) is 0 Å². The van der Waals surface area contributed by atoms with Crippen LogP contribution in [0.1, 0.15) is 25.7 Å². The molecule has 0 radical (unpaired) electrons. The van der Waals surface area contributed by atoms with E-state index >= 15 is 0 Å². The molecule has 1 rings (SSSR count). The van der Waals surface area contributed by atoms with Gasteiger partial charge in [0.25, 0.3) is 0 Å². The van der Waals surface area contributed by atoms with Crippen LogP contribution in [0.5, 0.6) is 0 Å². The third-order valence-electron chi connectivity index (χ3n) is 1.45. The van der Waals surface area contributed by atoms with Gasteiger partial charge in [-0.15, -0.1) is 0 Å². The average Bonchev–Trinajstić information content (AvgIpc) is 2.41. The quantitative estimate of drug-likeness (QED) is 0.386. The summed E-state index contributed by atoms with van der Waals surface area (Å²) >= 11 is 0. The second-order valence-corrected chi connectivity index (χ2v) is 2.35.